The fourth-order valence-electron chi connectivity index (χ4n) is 0.832. The smallest absolute Gasteiger partial charge is 0.180 e. The lowest BCUT2D eigenvalue weighted by atomic mass is 10.1. The first-order chi connectivity index (χ1) is 6.55. The summed E-state index contributed by atoms with van der Waals surface area (Å²) in [6, 6.07) is 0. The zero-order valence-corrected chi connectivity index (χ0v) is 9.83. The molecule has 0 saturated carbocycles. The van der Waals surface area contributed by atoms with Crippen LogP contribution in [0.4, 0.5) is 0 Å². The van der Waals surface area contributed by atoms with Gasteiger partial charge in [-0.2, -0.15) is 0 Å². The molecule has 0 bridgehead atoms. The lowest BCUT2D eigenvalue weighted by Gasteiger charge is -2.23. The van der Waals surface area contributed by atoms with Gasteiger partial charge in [0.2, 0.25) is 0 Å². The second-order valence-electron chi connectivity index (χ2n) is 3.69. The van der Waals surface area contributed by atoms with E-state index in [1.54, 1.807) is 21.3 Å². The van der Waals surface area contributed by atoms with Gasteiger partial charge in [0.15, 0.2) is 6.29 Å². The minimum absolute atomic E-state index is 0.129. The molecule has 0 atom stereocenters. The van der Waals surface area contributed by atoms with E-state index in [-0.39, 0.29) is 11.9 Å². The van der Waals surface area contributed by atoms with Crippen LogP contribution in [0, 0.1) is 0 Å². The van der Waals surface area contributed by atoms with Gasteiger partial charge in [-0.15, -0.1) is 0 Å². The van der Waals surface area contributed by atoms with Gasteiger partial charge < -0.3 is 18.9 Å². The fraction of sp³-hybridized carbons (Fsp3) is 1.00. The van der Waals surface area contributed by atoms with Gasteiger partial charge in [-0.3, -0.25) is 0 Å². The summed E-state index contributed by atoms with van der Waals surface area (Å²) >= 11 is 0. The summed E-state index contributed by atoms with van der Waals surface area (Å²) in [7, 11) is 4.89. The summed E-state index contributed by atoms with van der Waals surface area (Å²) in [6.45, 7) is 5.15. The first-order valence-electron chi connectivity index (χ1n) is 4.74. The summed E-state index contributed by atoms with van der Waals surface area (Å²) in [6.07, 6.45) is 0.574. The molecule has 0 fully saturated rings. The molecule has 0 unspecified atom stereocenters. The molecule has 0 aliphatic rings. The van der Waals surface area contributed by atoms with Crippen molar-refractivity contribution in [3.8, 4) is 0 Å². The number of ether oxygens (including phenoxy) is 4. The molecular weight excluding hydrogens is 184 g/mol. The molecule has 0 amide bonds. The highest BCUT2D eigenvalue weighted by atomic mass is 16.7. The Labute approximate surface area is 86.5 Å². The van der Waals surface area contributed by atoms with E-state index >= 15 is 0 Å². The molecule has 4 heteroatoms. The Morgan fingerprint density at radius 1 is 1.07 bits per heavy atom. The first-order valence-corrected chi connectivity index (χ1v) is 4.74. The topological polar surface area (TPSA) is 36.9 Å². The van der Waals surface area contributed by atoms with Gasteiger partial charge in [0.1, 0.15) is 0 Å². The van der Waals surface area contributed by atoms with Crippen molar-refractivity contribution in [2.75, 3.05) is 34.5 Å². The molecule has 4 nitrogen and oxygen atoms in total. The van der Waals surface area contributed by atoms with Crippen molar-refractivity contribution in [2.24, 2.45) is 0 Å². The van der Waals surface area contributed by atoms with Gasteiger partial charge in [0, 0.05) is 27.9 Å². The Hall–Kier alpha value is -0.160. The molecule has 86 valence electrons. The zero-order chi connectivity index (χ0) is 11.0. The largest absolute Gasteiger partial charge is 0.379 e. The first kappa shape index (κ1) is 13.8. The summed E-state index contributed by atoms with van der Waals surface area (Å²) in [5.41, 5.74) is -0.129. The summed E-state index contributed by atoms with van der Waals surface area (Å²) in [5, 5.41) is 0. The van der Waals surface area contributed by atoms with Crippen LogP contribution in [0.3, 0.4) is 0 Å². The van der Waals surface area contributed by atoms with E-state index < -0.39 is 0 Å². The summed E-state index contributed by atoms with van der Waals surface area (Å²) in [5.74, 6) is 0. The van der Waals surface area contributed by atoms with E-state index in [4.69, 9.17) is 18.9 Å². The van der Waals surface area contributed by atoms with Crippen molar-refractivity contribution in [3.05, 3.63) is 0 Å². The highest BCUT2D eigenvalue weighted by Gasteiger charge is 2.16. The molecule has 0 radical (unpaired) electrons. The van der Waals surface area contributed by atoms with Gasteiger partial charge in [0.25, 0.3) is 0 Å². The fourth-order valence-corrected chi connectivity index (χ4v) is 0.832. The Kier molecular flexibility index (Phi) is 7.09. The van der Waals surface area contributed by atoms with E-state index in [0.29, 0.717) is 13.2 Å². The number of rotatable bonds is 8. The average Bonchev–Trinajstić information content (AvgIpc) is 2.18. The monoisotopic (exact) mass is 206 g/mol. The van der Waals surface area contributed by atoms with Crippen LogP contribution in [0.2, 0.25) is 0 Å². The molecule has 0 saturated heterocycles. The number of hydrogen-bond acceptors (Lipinski definition) is 4. The molecule has 0 spiro atoms. The predicted octanol–water partition coefficient (Wildman–Crippen LogP) is 1.44. The van der Waals surface area contributed by atoms with Crippen molar-refractivity contribution >= 4 is 0 Å². The molecule has 14 heavy (non-hydrogen) atoms. The molecule has 0 aliphatic carbocycles. The molecule has 0 aromatic heterocycles. The molecule has 0 N–H and O–H groups in total. The molecule has 0 rings (SSSR count). The van der Waals surface area contributed by atoms with Crippen LogP contribution in [0.5, 0.6) is 0 Å². The standard InChI is InChI=1S/C10H22O4/c1-10(2,13-5)6-7-14-8-9(11-3)12-4/h9H,6-8H2,1-5H3. The number of hydrogen-bond donors (Lipinski definition) is 0. The Morgan fingerprint density at radius 2 is 1.64 bits per heavy atom. The SMILES string of the molecule is COC(COCCC(C)(C)OC)OC. The lowest BCUT2D eigenvalue weighted by molar-refractivity contribution is -0.143. The third kappa shape index (κ3) is 6.32. The van der Waals surface area contributed by atoms with Crippen LogP contribution in [-0.2, 0) is 18.9 Å². The molecular formula is C10H22O4. The van der Waals surface area contributed by atoms with Crippen molar-refractivity contribution in [2.45, 2.75) is 32.2 Å². The van der Waals surface area contributed by atoms with Crippen LogP contribution < -0.4 is 0 Å². The molecule has 0 heterocycles. The van der Waals surface area contributed by atoms with E-state index in [0.717, 1.165) is 6.42 Å². The predicted molar refractivity (Wildman–Crippen MR) is 54.3 cm³/mol. The van der Waals surface area contributed by atoms with Crippen LogP contribution in [0.1, 0.15) is 20.3 Å². The minimum atomic E-state index is -0.277. The normalized spacial score (nSPS) is 12.4. The van der Waals surface area contributed by atoms with Crippen molar-refractivity contribution in [1.29, 1.82) is 0 Å². The summed E-state index contributed by atoms with van der Waals surface area (Å²) in [4.78, 5) is 0. The quantitative estimate of drug-likeness (QED) is 0.445. The second kappa shape index (κ2) is 7.17. The molecule has 0 aromatic rings. The average molecular weight is 206 g/mol. The highest BCUT2D eigenvalue weighted by molar-refractivity contribution is 4.66. The second-order valence-corrected chi connectivity index (χ2v) is 3.69. The van der Waals surface area contributed by atoms with Crippen LogP contribution >= 0.6 is 0 Å². The Balaban J connectivity index is 3.45. The van der Waals surface area contributed by atoms with E-state index in [1.165, 1.54) is 0 Å². The van der Waals surface area contributed by atoms with E-state index in [9.17, 15) is 0 Å². The van der Waals surface area contributed by atoms with Crippen molar-refractivity contribution < 1.29 is 18.9 Å². The molecule has 0 aliphatic heterocycles. The lowest BCUT2D eigenvalue weighted by Crippen LogP contribution is -2.26. The van der Waals surface area contributed by atoms with Gasteiger partial charge >= 0.3 is 0 Å². The van der Waals surface area contributed by atoms with Gasteiger partial charge in [-0.25, -0.2) is 0 Å². The van der Waals surface area contributed by atoms with Crippen molar-refractivity contribution in [3.63, 3.8) is 0 Å². The van der Waals surface area contributed by atoms with Gasteiger partial charge in [0.05, 0.1) is 12.2 Å². The third-order valence-electron chi connectivity index (χ3n) is 2.18. The Morgan fingerprint density at radius 3 is 2.07 bits per heavy atom. The Bertz CT molecular complexity index is 132. The van der Waals surface area contributed by atoms with Gasteiger partial charge in [-0.1, -0.05) is 0 Å². The van der Waals surface area contributed by atoms with Crippen LogP contribution in [-0.4, -0.2) is 46.4 Å². The number of methoxy groups -OCH3 is 3. The third-order valence-corrected chi connectivity index (χ3v) is 2.18. The highest BCUT2D eigenvalue weighted by Crippen LogP contribution is 2.12. The maximum Gasteiger partial charge on any atom is 0.180 e. The van der Waals surface area contributed by atoms with Crippen LogP contribution in [0.25, 0.3) is 0 Å². The maximum absolute atomic E-state index is 5.39. The zero-order valence-electron chi connectivity index (χ0n) is 9.83. The summed E-state index contributed by atoms with van der Waals surface area (Å²) < 4.78 is 20.6. The van der Waals surface area contributed by atoms with Crippen LogP contribution in [0.15, 0.2) is 0 Å². The molecule has 0 aromatic carbocycles. The van der Waals surface area contributed by atoms with E-state index in [2.05, 4.69) is 0 Å². The minimum Gasteiger partial charge on any atom is -0.379 e. The van der Waals surface area contributed by atoms with Crippen molar-refractivity contribution in [1.82, 2.24) is 0 Å². The van der Waals surface area contributed by atoms with Gasteiger partial charge in [-0.05, 0) is 20.3 Å². The maximum atomic E-state index is 5.39. The van der Waals surface area contributed by atoms with E-state index in [1.807, 2.05) is 13.8 Å².